The zero-order valence-corrected chi connectivity index (χ0v) is 13.7. The van der Waals surface area contributed by atoms with Crippen molar-refractivity contribution in [2.24, 2.45) is 10.8 Å². The van der Waals surface area contributed by atoms with E-state index >= 15 is 0 Å². The number of carboxylic acid groups (broad SMARTS) is 1. The fourth-order valence-corrected chi connectivity index (χ4v) is 1.88. The van der Waals surface area contributed by atoms with Crippen LogP contribution >= 0.6 is 0 Å². The van der Waals surface area contributed by atoms with E-state index in [2.05, 4.69) is 6.92 Å². The third kappa shape index (κ3) is 6.09. The summed E-state index contributed by atoms with van der Waals surface area (Å²) in [7, 11) is 0. The van der Waals surface area contributed by atoms with E-state index in [1.54, 1.807) is 0 Å². The zero-order chi connectivity index (χ0) is 12.8. The molecule has 0 bridgehead atoms. The van der Waals surface area contributed by atoms with Crippen molar-refractivity contribution in [1.82, 2.24) is 0 Å². The van der Waals surface area contributed by atoms with E-state index in [0.717, 1.165) is 19.3 Å². The van der Waals surface area contributed by atoms with Gasteiger partial charge < -0.3 is 7.96 Å². The minimum absolute atomic E-state index is 0. The summed E-state index contributed by atoms with van der Waals surface area (Å²) in [6.07, 6.45) is 6.70. The van der Waals surface area contributed by atoms with Crippen molar-refractivity contribution in [3.8, 4) is 0 Å². The number of carbonyl (C=O) groups is 1. The standard InChI is InChI=1S/C14H28O2.Mg.2H/c1-6-7-8-9-10-11-14(5,12(15)16)13(2,3)4;;;/h6-11H2,1-5H3,(H,15,16);;;/q;+2;2*-1. The number of unbranched alkanes of at least 4 members (excludes halogenated alkanes) is 4. The van der Waals surface area contributed by atoms with Crippen molar-refractivity contribution < 1.29 is 12.8 Å². The summed E-state index contributed by atoms with van der Waals surface area (Å²) in [5, 5.41) is 9.37. The number of carboxylic acids is 1. The fourth-order valence-electron chi connectivity index (χ4n) is 1.88. The minimum atomic E-state index is -0.657. The Kier molecular flexibility index (Phi) is 9.62. The van der Waals surface area contributed by atoms with Gasteiger partial charge in [0.25, 0.3) is 0 Å². The van der Waals surface area contributed by atoms with Crippen molar-refractivity contribution >= 4 is 29.0 Å². The summed E-state index contributed by atoms with van der Waals surface area (Å²) in [5.41, 5.74) is -0.775. The molecule has 0 aliphatic heterocycles. The average molecular weight is 255 g/mol. The number of rotatable bonds is 7. The first kappa shape index (κ1) is 19.6. The number of hydrogen-bond donors (Lipinski definition) is 1. The number of aliphatic carboxylic acids is 1. The first-order valence-electron chi connectivity index (χ1n) is 6.49. The van der Waals surface area contributed by atoms with Gasteiger partial charge in [0, 0.05) is 0 Å². The van der Waals surface area contributed by atoms with Crippen molar-refractivity contribution in [3.05, 3.63) is 0 Å². The topological polar surface area (TPSA) is 37.3 Å². The van der Waals surface area contributed by atoms with Gasteiger partial charge in [0.1, 0.15) is 0 Å². The van der Waals surface area contributed by atoms with Crippen LogP contribution in [0.3, 0.4) is 0 Å². The molecule has 0 aromatic carbocycles. The van der Waals surface area contributed by atoms with Crippen LogP contribution in [0.1, 0.15) is 76.0 Å². The second-order valence-electron chi connectivity index (χ2n) is 6.05. The summed E-state index contributed by atoms with van der Waals surface area (Å²) in [6, 6.07) is 0. The molecule has 17 heavy (non-hydrogen) atoms. The SMILES string of the molecule is CCCCCCCC(C)(C(=O)O)C(C)(C)C.[H-].[H-].[Mg+2]. The Bertz CT molecular complexity index is 230. The maximum Gasteiger partial charge on any atom is 2.00 e. The van der Waals surface area contributed by atoms with Crippen LogP contribution in [0.4, 0.5) is 0 Å². The van der Waals surface area contributed by atoms with Crippen LogP contribution in [0.25, 0.3) is 0 Å². The Morgan fingerprint density at radius 1 is 1.06 bits per heavy atom. The largest absolute Gasteiger partial charge is 2.00 e. The molecule has 0 aromatic heterocycles. The van der Waals surface area contributed by atoms with Crippen molar-refractivity contribution in [1.29, 1.82) is 0 Å². The monoisotopic (exact) mass is 254 g/mol. The maximum atomic E-state index is 11.4. The molecule has 0 heterocycles. The summed E-state index contributed by atoms with van der Waals surface area (Å²) >= 11 is 0. The molecule has 2 nitrogen and oxygen atoms in total. The Hall–Kier alpha value is 0.236. The molecule has 0 spiro atoms. The maximum absolute atomic E-state index is 11.4. The molecule has 0 radical (unpaired) electrons. The first-order chi connectivity index (χ1) is 7.25. The molecule has 1 N–H and O–H groups in total. The quantitative estimate of drug-likeness (QED) is 0.542. The van der Waals surface area contributed by atoms with Gasteiger partial charge in [-0.3, -0.25) is 4.79 Å². The second kappa shape index (κ2) is 8.36. The zero-order valence-electron chi connectivity index (χ0n) is 14.3. The van der Waals surface area contributed by atoms with Gasteiger partial charge in [0.15, 0.2) is 0 Å². The smallest absolute Gasteiger partial charge is 1.00 e. The summed E-state index contributed by atoms with van der Waals surface area (Å²) in [6.45, 7) is 10.1. The predicted octanol–water partition coefficient (Wildman–Crippen LogP) is 4.33. The minimum Gasteiger partial charge on any atom is -1.00 e. The molecule has 0 aliphatic carbocycles. The second-order valence-corrected chi connectivity index (χ2v) is 6.05. The summed E-state index contributed by atoms with van der Waals surface area (Å²) in [5.74, 6) is -0.657. The van der Waals surface area contributed by atoms with E-state index in [4.69, 9.17) is 0 Å². The van der Waals surface area contributed by atoms with E-state index in [1.807, 2.05) is 27.7 Å². The Balaban J connectivity index is -0.000000375. The molecular formula is C14H30MgO2. The van der Waals surface area contributed by atoms with Crippen LogP contribution in [0.5, 0.6) is 0 Å². The molecule has 0 fully saturated rings. The van der Waals surface area contributed by atoms with Crippen LogP contribution in [0.15, 0.2) is 0 Å². The molecule has 1 unspecified atom stereocenters. The van der Waals surface area contributed by atoms with Gasteiger partial charge in [0.05, 0.1) is 5.41 Å². The van der Waals surface area contributed by atoms with Gasteiger partial charge in [-0.25, -0.2) is 0 Å². The number of hydrogen-bond acceptors (Lipinski definition) is 1. The normalized spacial score (nSPS) is 14.9. The summed E-state index contributed by atoms with van der Waals surface area (Å²) < 4.78 is 0. The molecule has 3 heteroatoms. The third-order valence-corrected chi connectivity index (χ3v) is 3.91. The molecule has 1 atom stereocenters. The van der Waals surface area contributed by atoms with Crippen molar-refractivity contribution in [3.63, 3.8) is 0 Å². The van der Waals surface area contributed by atoms with Crippen LogP contribution in [-0.4, -0.2) is 34.1 Å². The molecule has 0 saturated carbocycles. The molecule has 100 valence electrons. The molecule has 0 aromatic rings. The van der Waals surface area contributed by atoms with Gasteiger partial charge in [-0.1, -0.05) is 59.8 Å². The van der Waals surface area contributed by atoms with E-state index in [-0.39, 0.29) is 31.3 Å². The van der Waals surface area contributed by atoms with Crippen molar-refractivity contribution in [2.45, 2.75) is 73.1 Å². The van der Waals surface area contributed by atoms with Gasteiger partial charge in [-0.15, -0.1) is 0 Å². The fraction of sp³-hybridized carbons (Fsp3) is 0.929. The summed E-state index contributed by atoms with van der Waals surface area (Å²) in [4.78, 5) is 11.4. The van der Waals surface area contributed by atoms with Crippen LogP contribution in [-0.2, 0) is 4.79 Å². The van der Waals surface area contributed by atoms with E-state index in [0.29, 0.717) is 0 Å². The first-order valence-corrected chi connectivity index (χ1v) is 6.49. The van der Waals surface area contributed by atoms with Gasteiger partial charge >= 0.3 is 29.0 Å². The van der Waals surface area contributed by atoms with Gasteiger partial charge in [-0.05, 0) is 18.8 Å². The van der Waals surface area contributed by atoms with Gasteiger partial charge in [0.2, 0.25) is 0 Å². The molecule has 0 aliphatic rings. The molecular weight excluding hydrogens is 224 g/mol. The van der Waals surface area contributed by atoms with E-state index in [1.165, 1.54) is 19.3 Å². The van der Waals surface area contributed by atoms with Crippen LogP contribution < -0.4 is 0 Å². The predicted molar refractivity (Wildman–Crippen MR) is 76.6 cm³/mol. The Morgan fingerprint density at radius 2 is 1.53 bits per heavy atom. The van der Waals surface area contributed by atoms with Crippen molar-refractivity contribution in [2.75, 3.05) is 0 Å². The average Bonchev–Trinajstić information content (AvgIpc) is 2.15. The molecule has 0 saturated heterocycles. The van der Waals surface area contributed by atoms with Crippen LogP contribution in [0, 0.1) is 10.8 Å². The van der Waals surface area contributed by atoms with Crippen LogP contribution in [0.2, 0.25) is 0 Å². The molecule has 0 amide bonds. The Labute approximate surface area is 126 Å². The third-order valence-electron chi connectivity index (χ3n) is 3.91. The van der Waals surface area contributed by atoms with E-state index < -0.39 is 11.4 Å². The van der Waals surface area contributed by atoms with E-state index in [9.17, 15) is 9.90 Å². The van der Waals surface area contributed by atoms with Gasteiger partial charge in [-0.2, -0.15) is 0 Å². The Morgan fingerprint density at radius 3 is 1.88 bits per heavy atom. The molecule has 0 rings (SSSR count).